The van der Waals surface area contributed by atoms with Crippen molar-refractivity contribution < 1.29 is 9.53 Å². The first-order chi connectivity index (χ1) is 11.6. The number of nitrogens with one attached hydrogen (secondary N) is 2. The van der Waals surface area contributed by atoms with Crippen LogP contribution in [0, 0.1) is 0 Å². The molecule has 3 heterocycles. The van der Waals surface area contributed by atoms with Gasteiger partial charge in [0.2, 0.25) is 5.88 Å². The number of aromatic nitrogens is 3. The van der Waals surface area contributed by atoms with Crippen LogP contribution in [0.5, 0.6) is 5.88 Å². The Kier molecular flexibility index (Phi) is 4.72. The Hall–Kier alpha value is -2.93. The zero-order valence-corrected chi connectivity index (χ0v) is 13.6. The van der Waals surface area contributed by atoms with Gasteiger partial charge in [0.25, 0.3) is 5.91 Å². The molecule has 3 aromatic rings. The molecular weight excluding hydrogens is 306 g/mol. The molecule has 2 N–H and O–H groups in total. The summed E-state index contributed by atoms with van der Waals surface area (Å²) in [6, 6.07) is 8.97. The highest BCUT2D eigenvalue weighted by atomic mass is 16.5. The number of fused-ring (bicyclic) bond motifs is 1. The van der Waals surface area contributed by atoms with Crippen LogP contribution in [0.15, 0.2) is 42.7 Å². The van der Waals surface area contributed by atoms with Gasteiger partial charge >= 0.3 is 0 Å². The number of carbonyl (C=O) groups is 1. The second kappa shape index (κ2) is 7.10. The fourth-order valence-corrected chi connectivity index (χ4v) is 2.19. The topological polar surface area (TPSA) is 83.1 Å². The molecule has 0 unspecified atom stereocenters. The molecule has 1 amide bonds. The highest BCUT2D eigenvalue weighted by Gasteiger charge is 2.14. The number of hydrogen-bond acceptors (Lipinski definition) is 5. The summed E-state index contributed by atoms with van der Waals surface area (Å²) in [6.07, 6.45) is 3.26. The highest BCUT2D eigenvalue weighted by Crippen LogP contribution is 2.20. The van der Waals surface area contributed by atoms with E-state index in [-0.39, 0.29) is 5.91 Å². The normalized spacial score (nSPS) is 11.0. The van der Waals surface area contributed by atoms with Gasteiger partial charge in [-0.1, -0.05) is 6.07 Å². The summed E-state index contributed by atoms with van der Waals surface area (Å²) in [5.41, 5.74) is 1.81. The van der Waals surface area contributed by atoms with E-state index in [1.807, 2.05) is 31.1 Å². The van der Waals surface area contributed by atoms with E-state index in [9.17, 15) is 4.79 Å². The van der Waals surface area contributed by atoms with Gasteiger partial charge in [-0.05, 0) is 32.3 Å². The van der Waals surface area contributed by atoms with Gasteiger partial charge < -0.3 is 19.9 Å². The lowest BCUT2D eigenvalue weighted by Crippen LogP contribution is -2.19. The van der Waals surface area contributed by atoms with Crippen molar-refractivity contribution in [3.8, 4) is 5.88 Å². The smallest absolute Gasteiger partial charge is 0.260 e. The van der Waals surface area contributed by atoms with Crippen molar-refractivity contribution >= 4 is 22.8 Å². The van der Waals surface area contributed by atoms with Crippen LogP contribution in [-0.2, 0) is 0 Å². The maximum atomic E-state index is 12.4. The summed E-state index contributed by atoms with van der Waals surface area (Å²) in [5.74, 6) is 0.726. The van der Waals surface area contributed by atoms with Gasteiger partial charge in [-0.25, -0.2) is 9.97 Å². The molecule has 0 aliphatic rings. The van der Waals surface area contributed by atoms with Crippen molar-refractivity contribution in [2.75, 3.05) is 32.6 Å². The number of carbonyl (C=O) groups excluding carboxylic acids is 1. The van der Waals surface area contributed by atoms with Crippen LogP contribution in [-0.4, -0.2) is 53.0 Å². The van der Waals surface area contributed by atoms with Crippen molar-refractivity contribution in [2.24, 2.45) is 0 Å². The lowest BCUT2D eigenvalue weighted by Gasteiger charge is -2.10. The predicted octanol–water partition coefficient (Wildman–Crippen LogP) is 2.15. The molecule has 0 saturated carbocycles. The number of ether oxygens (including phenoxy) is 1. The highest BCUT2D eigenvalue weighted by molar-refractivity contribution is 6.11. The summed E-state index contributed by atoms with van der Waals surface area (Å²) in [6.45, 7) is 1.32. The number of anilines is 1. The molecule has 0 atom stereocenters. The number of pyridine rings is 2. The summed E-state index contributed by atoms with van der Waals surface area (Å²) in [4.78, 5) is 26.1. The SMILES string of the molecule is CN(C)CCOc1ccc2[nH]cc(C(=O)Nc3ccccn3)c2n1. The molecular formula is C17H19N5O2. The number of rotatable bonds is 6. The van der Waals surface area contributed by atoms with E-state index in [1.54, 1.807) is 30.6 Å². The Labute approximate surface area is 139 Å². The molecule has 124 valence electrons. The molecule has 3 rings (SSSR count). The Morgan fingerprint density at radius 2 is 2.17 bits per heavy atom. The third kappa shape index (κ3) is 3.69. The van der Waals surface area contributed by atoms with Crippen LogP contribution >= 0.6 is 0 Å². The Bertz CT molecular complexity index is 829. The zero-order valence-electron chi connectivity index (χ0n) is 13.6. The minimum absolute atomic E-state index is 0.266. The second-order valence-electron chi connectivity index (χ2n) is 5.57. The third-order valence-corrected chi connectivity index (χ3v) is 3.44. The summed E-state index contributed by atoms with van der Waals surface area (Å²) in [5, 5.41) is 2.76. The molecule has 3 aromatic heterocycles. The molecule has 24 heavy (non-hydrogen) atoms. The number of nitrogens with zero attached hydrogens (tertiary/aromatic N) is 3. The molecule has 7 heteroatoms. The van der Waals surface area contributed by atoms with Gasteiger partial charge in [-0.2, -0.15) is 0 Å². The monoisotopic (exact) mass is 325 g/mol. The summed E-state index contributed by atoms with van der Waals surface area (Å²) < 4.78 is 5.64. The third-order valence-electron chi connectivity index (χ3n) is 3.44. The van der Waals surface area contributed by atoms with Gasteiger partial charge in [-0.3, -0.25) is 4.79 Å². The largest absolute Gasteiger partial charge is 0.476 e. The maximum absolute atomic E-state index is 12.4. The maximum Gasteiger partial charge on any atom is 0.260 e. The van der Waals surface area contributed by atoms with Gasteiger partial charge in [-0.15, -0.1) is 0 Å². The van der Waals surface area contributed by atoms with E-state index in [0.717, 1.165) is 12.1 Å². The van der Waals surface area contributed by atoms with Crippen molar-refractivity contribution in [1.82, 2.24) is 19.9 Å². The van der Waals surface area contributed by atoms with E-state index in [1.165, 1.54) is 0 Å². The van der Waals surface area contributed by atoms with Crippen LogP contribution < -0.4 is 10.1 Å². The number of amides is 1. The zero-order chi connectivity index (χ0) is 16.9. The molecule has 0 aliphatic heterocycles. The van der Waals surface area contributed by atoms with Gasteiger partial charge in [0.15, 0.2) is 0 Å². The number of H-pyrrole nitrogens is 1. The quantitative estimate of drug-likeness (QED) is 0.725. The van der Waals surface area contributed by atoms with E-state index in [0.29, 0.717) is 29.4 Å². The molecule has 0 bridgehead atoms. The van der Waals surface area contributed by atoms with Crippen molar-refractivity contribution in [2.45, 2.75) is 0 Å². The van der Waals surface area contributed by atoms with Crippen LogP contribution in [0.25, 0.3) is 11.0 Å². The Morgan fingerprint density at radius 1 is 1.29 bits per heavy atom. The van der Waals surface area contributed by atoms with Gasteiger partial charge in [0, 0.05) is 25.0 Å². The van der Waals surface area contributed by atoms with Crippen molar-refractivity contribution in [1.29, 1.82) is 0 Å². The molecule has 0 aliphatic carbocycles. The Morgan fingerprint density at radius 3 is 2.92 bits per heavy atom. The van der Waals surface area contributed by atoms with Gasteiger partial charge in [0.1, 0.15) is 17.9 Å². The van der Waals surface area contributed by atoms with Crippen molar-refractivity contribution in [3.05, 3.63) is 48.3 Å². The van der Waals surface area contributed by atoms with Crippen LogP contribution in [0.3, 0.4) is 0 Å². The van der Waals surface area contributed by atoms with E-state index < -0.39 is 0 Å². The van der Waals surface area contributed by atoms with E-state index in [4.69, 9.17) is 4.74 Å². The van der Waals surface area contributed by atoms with Crippen LogP contribution in [0.1, 0.15) is 10.4 Å². The molecule has 0 radical (unpaired) electrons. The molecule has 0 saturated heterocycles. The molecule has 7 nitrogen and oxygen atoms in total. The van der Waals surface area contributed by atoms with Crippen molar-refractivity contribution in [3.63, 3.8) is 0 Å². The lowest BCUT2D eigenvalue weighted by molar-refractivity contribution is 0.102. The summed E-state index contributed by atoms with van der Waals surface area (Å²) >= 11 is 0. The summed E-state index contributed by atoms with van der Waals surface area (Å²) in [7, 11) is 3.96. The average Bonchev–Trinajstić information content (AvgIpc) is 2.99. The second-order valence-corrected chi connectivity index (χ2v) is 5.57. The first-order valence-electron chi connectivity index (χ1n) is 7.61. The van der Waals surface area contributed by atoms with Crippen LogP contribution in [0.2, 0.25) is 0 Å². The van der Waals surface area contributed by atoms with E-state index in [2.05, 4.69) is 20.3 Å². The average molecular weight is 325 g/mol. The Balaban J connectivity index is 1.79. The molecule has 0 fully saturated rings. The van der Waals surface area contributed by atoms with Crippen LogP contribution in [0.4, 0.5) is 5.82 Å². The number of aromatic amines is 1. The molecule has 0 aromatic carbocycles. The first kappa shape index (κ1) is 15.9. The first-order valence-corrected chi connectivity index (χ1v) is 7.61. The predicted molar refractivity (Wildman–Crippen MR) is 92.3 cm³/mol. The fraction of sp³-hybridized carbons (Fsp3) is 0.235. The fourth-order valence-electron chi connectivity index (χ4n) is 2.19. The standard InChI is InChI=1S/C17H19N5O2/c1-22(2)9-10-24-15-7-6-13-16(21-15)12(11-19-13)17(23)20-14-5-3-4-8-18-14/h3-8,11,19H,9-10H2,1-2H3,(H,18,20,23). The van der Waals surface area contributed by atoms with Gasteiger partial charge in [0.05, 0.1) is 11.1 Å². The lowest BCUT2D eigenvalue weighted by atomic mass is 10.2. The van der Waals surface area contributed by atoms with E-state index >= 15 is 0 Å². The minimum atomic E-state index is -0.266. The number of likely N-dealkylation sites (N-methyl/N-ethyl adjacent to an activating group) is 1. The minimum Gasteiger partial charge on any atom is -0.476 e. The molecule has 0 spiro atoms. The number of hydrogen-bond donors (Lipinski definition) is 2.